The van der Waals surface area contributed by atoms with Crippen molar-refractivity contribution in [1.29, 1.82) is 0 Å². The first-order valence-electron chi connectivity index (χ1n) is 8.89. The van der Waals surface area contributed by atoms with Crippen LogP contribution in [0.1, 0.15) is 13.8 Å². The van der Waals surface area contributed by atoms with Crippen molar-refractivity contribution in [2.75, 3.05) is 37.4 Å². The van der Waals surface area contributed by atoms with Crippen LogP contribution >= 0.6 is 11.6 Å². The highest BCUT2D eigenvalue weighted by molar-refractivity contribution is 7.89. The van der Waals surface area contributed by atoms with Gasteiger partial charge in [-0.2, -0.15) is 4.31 Å². The average Bonchev–Trinajstić information content (AvgIpc) is 2.69. The van der Waals surface area contributed by atoms with Crippen LogP contribution in [0.2, 0.25) is 5.02 Å². The maximum Gasteiger partial charge on any atom is 0.243 e. The van der Waals surface area contributed by atoms with E-state index in [1.54, 1.807) is 13.8 Å². The summed E-state index contributed by atoms with van der Waals surface area (Å²) in [6, 6.07) is 8.28. The Morgan fingerprint density at radius 3 is 2.45 bits per heavy atom. The molecule has 0 saturated heterocycles. The fraction of sp³-hybridized carbons (Fsp3) is 0.316. The Labute approximate surface area is 174 Å². The Morgan fingerprint density at radius 1 is 1.17 bits per heavy atom. The highest BCUT2D eigenvalue weighted by Crippen LogP contribution is 2.29. The SMILES string of the molecule is CCN(CC)S(=O)(=O)c1ccc(OC)c(NC(=O)CNc2ccc(F)c(Cl)c2)c1. The lowest BCUT2D eigenvalue weighted by atomic mass is 10.3. The van der Waals surface area contributed by atoms with E-state index in [9.17, 15) is 17.6 Å². The largest absolute Gasteiger partial charge is 0.495 e. The molecule has 0 atom stereocenters. The molecule has 0 aromatic heterocycles. The predicted molar refractivity (Wildman–Crippen MR) is 112 cm³/mol. The van der Waals surface area contributed by atoms with Crippen molar-refractivity contribution in [3.63, 3.8) is 0 Å². The van der Waals surface area contributed by atoms with Crippen molar-refractivity contribution >= 4 is 38.9 Å². The second-order valence-electron chi connectivity index (χ2n) is 5.98. The Hall–Kier alpha value is -2.36. The van der Waals surface area contributed by atoms with Gasteiger partial charge < -0.3 is 15.4 Å². The lowest BCUT2D eigenvalue weighted by Crippen LogP contribution is -2.30. The molecule has 0 fully saturated rings. The molecule has 158 valence electrons. The third kappa shape index (κ3) is 5.59. The second-order valence-corrected chi connectivity index (χ2v) is 8.33. The minimum absolute atomic E-state index is 0.0515. The molecule has 2 aromatic carbocycles. The molecule has 0 aliphatic rings. The Morgan fingerprint density at radius 2 is 1.86 bits per heavy atom. The molecule has 0 heterocycles. The lowest BCUT2D eigenvalue weighted by molar-refractivity contribution is -0.114. The number of carbonyl (C=O) groups is 1. The number of amides is 1. The number of hydrogen-bond donors (Lipinski definition) is 2. The molecule has 1 amide bonds. The van der Waals surface area contributed by atoms with Crippen LogP contribution < -0.4 is 15.4 Å². The summed E-state index contributed by atoms with van der Waals surface area (Å²) in [6.45, 7) is 4.02. The number of methoxy groups -OCH3 is 1. The van der Waals surface area contributed by atoms with E-state index < -0.39 is 21.7 Å². The van der Waals surface area contributed by atoms with Crippen molar-refractivity contribution in [3.8, 4) is 5.75 Å². The molecule has 2 aromatic rings. The number of nitrogens with one attached hydrogen (secondary N) is 2. The number of sulfonamides is 1. The number of nitrogens with zero attached hydrogens (tertiary/aromatic N) is 1. The zero-order valence-electron chi connectivity index (χ0n) is 16.3. The van der Waals surface area contributed by atoms with Gasteiger partial charge in [0, 0.05) is 18.8 Å². The van der Waals surface area contributed by atoms with Crippen molar-refractivity contribution in [2.45, 2.75) is 18.7 Å². The zero-order chi connectivity index (χ0) is 21.6. The number of rotatable bonds is 9. The molecule has 0 unspecified atom stereocenters. The summed E-state index contributed by atoms with van der Waals surface area (Å²) in [5.41, 5.74) is 0.695. The third-order valence-corrected chi connectivity index (χ3v) is 6.50. The summed E-state index contributed by atoms with van der Waals surface area (Å²) in [4.78, 5) is 12.4. The van der Waals surface area contributed by atoms with Gasteiger partial charge in [-0.15, -0.1) is 0 Å². The molecule has 0 bridgehead atoms. The average molecular weight is 444 g/mol. The summed E-state index contributed by atoms with van der Waals surface area (Å²) in [6.07, 6.45) is 0. The first-order valence-corrected chi connectivity index (χ1v) is 10.7. The molecule has 0 spiro atoms. The van der Waals surface area contributed by atoms with Crippen LogP contribution in [0.25, 0.3) is 0 Å². The Balaban J connectivity index is 2.18. The highest BCUT2D eigenvalue weighted by Gasteiger charge is 2.23. The number of benzene rings is 2. The summed E-state index contributed by atoms with van der Waals surface area (Å²) in [5, 5.41) is 5.39. The van der Waals surface area contributed by atoms with E-state index in [0.29, 0.717) is 24.5 Å². The maximum absolute atomic E-state index is 13.2. The van der Waals surface area contributed by atoms with Gasteiger partial charge in [0.05, 0.1) is 29.3 Å². The van der Waals surface area contributed by atoms with Crippen LogP contribution in [-0.2, 0) is 14.8 Å². The lowest BCUT2D eigenvalue weighted by Gasteiger charge is -2.19. The van der Waals surface area contributed by atoms with Gasteiger partial charge in [-0.3, -0.25) is 4.79 Å². The first kappa shape index (κ1) is 22.9. The van der Waals surface area contributed by atoms with Gasteiger partial charge >= 0.3 is 0 Å². The van der Waals surface area contributed by atoms with E-state index in [1.165, 1.54) is 47.8 Å². The minimum atomic E-state index is -3.69. The first-order chi connectivity index (χ1) is 13.7. The van der Waals surface area contributed by atoms with E-state index in [4.69, 9.17) is 16.3 Å². The van der Waals surface area contributed by atoms with E-state index in [2.05, 4.69) is 10.6 Å². The number of hydrogen-bond acceptors (Lipinski definition) is 5. The smallest absolute Gasteiger partial charge is 0.243 e. The molecule has 10 heteroatoms. The second kappa shape index (κ2) is 9.91. The number of carbonyl (C=O) groups excluding carboxylic acids is 1. The molecule has 2 N–H and O–H groups in total. The van der Waals surface area contributed by atoms with Gasteiger partial charge in [0.2, 0.25) is 15.9 Å². The van der Waals surface area contributed by atoms with Gasteiger partial charge in [-0.25, -0.2) is 12.8 Å². The molecule has 0 radical (unpaired) electrons. The van der Waals surface area contributed by atoms with Crippen LogP contribution in [-0.4, -0.2) is 45.4 Å². The van der Waals surface area contributed by atoms with Gasteiger partial charge in [-0.05, 0) is 36.4 Å². The monoisotopic (exact) mass is 443 g/mol. The molecule has 0 aliphatic carbocycles. The van der Waals surface area contributed by atoms with Gasteiger partial charge in [0.15, 0.2) is 0 Å². The van der Waals surface area contributed by atoms with Crippen LogP contribution in [0.15, 0.2) is 41.3 Å². The van der Waals surface area contributed by atoms with Gasteiger partial charge in [-0.1, -0.05) is 25.4 Å². The van der Waals surface area contributed by atoms with Gasteiger partial charge in [0.25, 0.3) is 0 Å². The van der Waals surface area contributed by atoms with E-state index in [-0.39, 0.29) is 22.2 Å². The Kier molecular flexibility index (Phi) is 7.83. The molecular formula is C19H23ClFN3O4S. The maximum atomic E-state index is 13.2. The quantitative estimate of drug-likeness (QED) is 0.618. The predicted octanol–water partition coefficient (Wildman–Crippen LogP) is 3.57. The van der Waals surface area contributed by atoms with E-state index in [1.807, 2.05) is 0 Å². The molecule has 7 nitrogen and oxygen atoms in total. The zero-order valence-corrected chi connectivity index (χ0v) is 17.9. The van der Waals surface area contributed by atoms with Crippen LogP contribution in [0.4, 0.5) is 15.8 Å². The summed E-state index contributed by atoms with van der Waals surface area (Å²) >= 11 is 5.72. The minimum Gasteiger partial charge on any atom is -0.495 e. The molecule has 2 rings (SSSR count). The van der Waals surface area contributed by atoms with Crippen LogP contribution in [0, 0.1) is 5.82 Å². The summed E-state index contributed by atoms with van der Waals surface area (Å²) in [5.74, 6) is -0.680. The Bertz CT molecular complexity index is 981. The third-order valence-electron chi connectivity index (χ3n) is 4.16. The van der Waals surface area contributed by atoms with E-state index in [0.717, 1.165) is 0 Å². The fourth-order valence-electron chi connectivity index (χ4n) is 2.64. The van der Waals surface area contributed by atoms with Crippen LogP contribution in [0.3, 0.4) is 0 Å². The van der Waals surface area contributed by atoms with E-state index >= 15 is 0 Å². The molecule has 29 heavy (non-hydrogen) atoms. The molecule has 0 saturated carbocycles. The number of halogens is 2. The molecular weight excluding hydrogens is 421 g/mol. The van der Waals surface area contributed by atoms with Gasteiger partial charge in [0.1, 0.15) is 11.6 Å². The van der Waals surface area contributed by atoms with Crippen molar-refractivity contribution in [1.82, 2.24) is 4.31 Å². The van der Waals surface area contributed by atoms with Crippen molar-refractivity contribution in [2.24, 2.45) is 0 Å². The summed E-state index contributed by atoms with van der Waals surface area (Å²) < 4.78 is 45.2. The normalized spacial score (nSPS) is 11.4. The number of anilines is 2. The topological polar surface area (TPSA) is 87.7 Å². The fourth-order valence-corrected chi connectivity index (χ4v) is 4.31. The van der Waals surface area contributed by atoms with Crippen molar-refractivity contribution in [3.05, 3.63) is 47.2 Å². The number of ether oxygens (including phenoxy) is 1. The summed E-state index contributed by atoms with van der Waals surface area (Å²) in [7, 11) is -2.27. The standard InChI is InChI=1S/C19H23ClFN3O4S/c1-4-24(5-2)29(26,27)14-7-9-18(28-3)17(11-14)23-19(25)12-22-13-6-8-16(21)15(20)10-13/h6-11,22H,4-5,12H2,1-3H3,(H,23,25). The highest BCUT2D eigenvalue weighted by atomic mass is 35.5. The van der Waals surface area contributed by atoms with Crippen molar-refractivity contribution < 1.29 is 22.3 Å². The molecule has 0 aliphatic heterocycles. The van der Waals surface area contributed by atoms with Crippen LogP contribution in [0.5, 0.6) is 5.75 Å².